The lowest BCUT2D eigenvalue weighted by Crippen LogP contribution is -2.05. The second kappa shape index (κ2) is 4.13. The zero-order valence-corrected chi connectivity index (χ0v) is 8.19. The van der Waals surface area contributed by atoms with Gasteiger partial charge in [-0.25, -0.2) is 0 Å². The molecule has 0 aromatic heterocycles. The van der Waals surface area contributed by atoms with E-state index in [-0.39, 0.29) is 0 Å². The van der Waals surface area contributed by atoms with E-state index in [9.17, 15) is 13.2 Å². The van der Waals surface area contributed by atoms with Crippen LogP contribution in [0.1, 0.15) is 11.1 Å². The van der Waals surface area contributed by atoms with Gasteiger partial charge >= 0.3 is 6.18 Å². The Morgan fingerprint density at radius 1 is 1.31 bits per heavy atom. The van der Waals surface area contributed by atoms with Gasteiger partial charge in [-0.05, 0) is 18.1 Å². The molecule has 0 spiro atoms. The normalized spacial score (nSPS) is 11.7. The van der Waals surface area contributed by atoms with Crippen LogP contribution in [-0.4, -0.2) is 0 Å². The van der Waals surface area contributed by atoms with E-state index in [0.29, 0.717) is 12.0 Å². The zero-order valence-electron chi connectivity index (χ0n) is 6.61. The van der Waals surface area contributed by atoms with Crippen molar-refractivity contribution in [1.82, 2.24) is 0 Å². The first kappa shape index (κ1) is 10.6. The molecule has 0 fully saturated rings. The number of benzene rings is 1. The molecule has 1 aromatic rings. The van der Waals surface area contributed by atoms with E-state index in [1.54, 1.807) is 11.4 Å². The molecule has 1 aromatic carbocycles. The van der Waals surface area contributed by atoms with Gasteiger partial charge in [0, 0.05) is 5.33 Å². The molecular weight excluding hydrogens is 245 g/mol. The Hall–Kier alpha value is -0.510. The Morgan fingerprint density at radius 3 is 2.54 bits per heavy atom. The predicted octanol–water partition coefficient (Wildman–Crippen LogP) is 3.80. The van der Waals surface area contributed by atoms with Crippen LogP contribution in [0.4, 0.5) is 13.2 Å². The van der Waals surface area contributed by atoms with Crippen molar-refractivity contribution in [3.63, 3.8) is 0 Å². The number of hydrogen-bond donors (Lipinski definition) is 0. The highest BCUT2D eigenvalue weighted by atomic mass is 79.9. The van der Waals surface area contributed by atoms with Crippen LogP contribution in [0.15, 0.2) is 24.3 Å². The van der Waals surface area contributed by atoms with Crippen LogP contribution in [0.3, 0.4) is 0 Å². The molecule has 0 aliphatic heterocycles. The monoisotopic (exact) mass is 251 g/mol. The van der Waals surface area contributed by atoms with Gasteiger partial charge in [0.1, 0.15) is 0 Å². The van der Waals surface area contributed by atoms with Crippen molar-refractivity contribution in [3.05, 3.63) is 40.7 Å². The lowest BCUT2D eigenvalue weighted by molar-refractivity contribution is -0.137. The highest BCUT2D eigenvalue weighted by molar-refractivity contribution is 9.10. The van der Waals surface area contributed by atoms with Crippen molar-refractivity contribution < 1.29 is 13.2 Å². The van der Waals surface area contributed by atoms with Crippen LogP contribution in [0.25, 0.3) is 0 Å². The molecule has 1 rings (SSSR count). The van der Waals surface area contributed by atoms with Crippen molar-refractivity contribution in [3.8, 4) is 0 Å². The molecule has 4 heteroatoms. The van der Waals surface area contributed by atoms with Gasteiger partial charge in [0.2, 0.25) is 0 Å². The maximum atomic E-state index is 12.2. The maximum Gasteiger partial charge on any atom is 0.416 e. The van der Waals surface area contributed by atoms with Crippen molar-refractivity contribution in [2.75, 3.05) is 0 Å². The number of rotatable bonds is 2. The van der Waals surface area contributed by atoms with Gasteiger partial charge in [-0.2, -0.15) is 13.2 Å². The van der Waals surface area contributed by atoms with E-state index in [1.807, 2.05) is 0 Å². The van der Waals surface area contributed by atoms with Crippen molar-refractivity contribution >= 4 is 15.9 Å². The van der Waals surface area contributed by atoms with Gasteiger partial charge in [0.05, 0.1) is 5.56 Å². The number of halogens is 4. The van der Waals surface area contributed by atoms with Crippen molar-refractivity contribution in [2.45, 2.75) is 12.6 Å². The van der Waals surface area contributed by atoms with Crippen LogP contribution in [0, 0.1) is 5.33 Å². The van der Waals surface area contributed by atoms with Gasteiger partial charge in [-0.1, -0.05) is 34.1 Å². The first-order valence-corrected chi connectivity index (χ1v) is 4.53. The van der Waals surface area contributed by atoms with E-state index in [2.05, 4.69) is 15.9 Å². The molecule has 0 nitrogen and oxygen atoms in total. The summed E-state index contributed by atoms with van der Waals surface area (Å²) in [5, 5.41) is 1.64. The second-order valence-electron chi connectivity index (χ2n) is 2.56. The highest BCUT2D eigenvalue weighted by Gasteiger charge is 2.30. The third kappa shape index (κ3) is 3.03. The van der Waals surface area contributed by atoms with Crippen LogP contribution >= 0.6 is 15.9 Å². The molecule has 0 atom stereocenters. The van der Waals surface area contributed by atoms with Crippen LogP contribution < -0.4 is 0 Å². The molecule has 0 N–H and O–H groups in total. The largest absolute Gasteiger partial charge is 0.416 e. The Balaban J connectivity index is 2.92. The van der Waals surface area contributed by atoms with Crippen molar-refractivity contribution in [2.24, 2.45) is 0 Å². The first-order valence-electron chi connectivity index (χ1n) is 3.62. The molecular formula is C9H7BrF3. The fourth-order valence-corrected chi connectivity index (χ4v) is 1.34. The smallest absolute Gasteiger partial charge is 0.166 e. The average molecular weight is 252 g/mol. The molecule has 0 unspecified atom stereocenters. The van der Waals surface area contributed by atoms with E-state index in [1.165, 1.54) is 6.07 Å². The lowest BCUT2D eigenvalue weighted by atomic mass is 10.1. The molecule has 1 radical (unpaired) electrons. The number of hydrogen-bond acceptors (Lipinski definition) is 0. The third-order valence-corrected chi connectivity index (χ3v) is 1.89. The van der Waals surface area contributed by atoms with Gasteiger partial charge in [0.15, 0.2) is 0 Å². The molecule has 0 saturated heterocycles. The minimum Gasteiger partial charge on any atom is -0.166 e. The summed E-state index contributed by atoms with van der Waals surface area (Å²) in [5.41, 5.74) is 0.0473. The summed E-state index contributed by atoms with van der Waals surface area (Å²) >= 11 is 3.05. The third-order valence-electron chi connectivity index (χ3n) is 1.57. The molecule has 0 heterocycles. The van der Waals surface area contributed by atoms with Gasteiger partial charge in [-0.3, -0.25) is 0 Å². The predicted molar refractivity (Wildman–Crippen MR) is 48.4 cm³/mol. The molecule has 0 aliphatic rings. The van der Waals surface area contributed by atoms with Crippen molar-refractivity contribution in [1.29, 1.82) is 0 Å². The van der Waals surface area contributed by atoms with Gasteiger partial charge < -0.3 is 0 Å². The highest BCUT2D eigenvalue weighted by Crippen LogP contribution is 2.29. The summed E-state index contributed by atoms with van der Waals surface area (Å²) in [5.74, 6) is 0. The second-order valence-corrected chi connectivity index (χ2v) is 3.20. The minimum absolute atomic E-state index is 0.490. The summed E-state index contributed by atoms with van der Waals surface area (Å²) in [6.45, 7) is 0. The minimum atomic E-state index is -4.25. The van der Waals surface area contributed by atoms with Gasteiger partial charge in [-0.15, -0.1) is 0 Å². The average Bonchev–Trinajstić information content (AvgIpc) is 2.04. The van der Waals surface area contributed by atoms with Crippen LogP contribution in [0.2, 0.25) is 0 Å². The fourth-order valence-electron chi connectivity index (χ4n) is 0.964. The molecule has 13 heavy (non-hydrogen) atoms. The standard InChI is InChI=1S/C9H7BrF3/c10-5-4-7-2-1-3-8(6-7)9(11,12)13/h1-3,5-6H,4H2. The molecule has 0 amide bonds. The first-order chi connectivity index (χ1) is 6.04. The summed E-state index contributed by atoms with van der Waals surface area (Å²) in [7, 11) is 0. The maximum absolute atomic E-state index is 12.2. The summed E-state index contributed by atoms with van der Waals surface area (Å²) in [6, 6.07) is 5.29. The number of alkyl halides is 3. The van der Waals surface area contributed by atoms with E-state index < -0.39 is 11.7 Å². The van der Waals surface area contributed by atoms with E-state index in [0.717, 1.165) is 12.1 Å². The molecule has 0 bridgehead atoms. The Labute approximate surface area is 82.9 Å². The van der Waals surface area contributed by atoms with Gasteiger partial charge in [0.25, 0.3) is 0 Å². The Kier molecular flexibility index (Phi) is 3.36. The quantitative estimate of drug-likeness (QED) is 0.750. The summed E-state index contributed by atoms with van der Waals surface area (Å²) in [6.07, 6.45) is -3.76. The SMILES string of the molecule is FC(F)(F)c1cccc(C[CH]Br)c1. The van der Waals surface area contributed by atoms with Crippen LogP contribution in [0.5, 0.6) is 0 Å². The molecule has 0 saturated carbocycles. The summed E-state index contributed by atoms with van der Waals surface area (Å²) in [4.78, 5) is 0. The topological polar surface area (TPSA) is 0 Å². The van der Waals surface area contributed by atoms with Crippen LogP contribution in [-0.2, 0) is 12.6 Å². The Morgan fingerprint density at radius 2 is 2.00 bits per heavy atom. The van der Waals surface area contributed by atoms with E-state index in [4.69, 9.17) is 0 Å². The fraction of sp³-hybridized carbons (Fsp3) is 0.222. The molecule has 0 aliphatic carbocycles. The zero-order chi connectivity index (χ0) is 9.90. The summed E-state index contributed by atoms with van der Waals surface area (Å²) < 4.78 is 36.6. The Bertz CT molecular complexity index is 280. The molecule has 71 valence electrons. The lowest BCUT2D eigenvalue weighted by Gasteiger charge is -2.07. The van der Waals surface area contributed by atoms with E-state index >= 15 is 0 Å².